The Kier molecular flexibility index (Phi) is 4.69. The van der Waals surface area contributed by atoms with Gasteiger partial charge in [0.1, 0.15) is 11.6 Å². The Labute approximate surface area is 143 Å². The summed E-state index contributed by atoms with van der Waals surface area (Å²) in [5.41, 5.74) is 0.995. The molecule has 8 heteroatoms. The molecule has 0 radical (unpaired) electrons. The summed E-state index contributed by atoms with van der Waals surface area (Å²) in [4.78, 5) is 17.5. The van der Waals surface area contributed by atoms with Crippen molar-refractivity contribution in [2.75, 3.05) is 11.1 Å². The molecule has 0 spiro atoms. The number of nitrogens with one attached hydrogen (secondary N) is 1. The van der Waals surface area contributed by atoms with Gasteiger partial charge in [0.15, 0.2) is 15.0 Å². The topological polar surface area (TPSA) is 76.1 Å². The van der Waals surface area contributed by atoms with Gasteiger partial charge in [-0.2, -0.15) is 0 Å². The number of halogens is 1. The van der Waals surface area contributed by atoms with Crippen LogP contribution in [0.25, 0.3) is 0 Å². The monoisotopic (exact) mass is 368 g/mol. The van der Waals surface area contributed by atoms with E-state index in [4.69, 9.17) is 0 Å². The van der Waals surface area contributed by atoms with Crippen LogP contribution in [0.15, 0.2) is 29.2 Å². The maximum absolute atomic E-state index is 12.9. The average molecular weight is 368 g/mol. The number of benzene rings is 1. The summed E-state index contributed by atoms with van der Waals surface area (Å²) in [5, 5.41) is 3.00. The molecule has 1 aliphatic carbocycles. The number of aromatic nitrogens is 1. The molecule has 1 atom stereocenters. The third kappa shape index (κ3) is 3.81. The number of nitrogens with zero attached hydrogens (tertiary/aromatic N) is 1. The first-order chi connectivity index (χ1) is 11.3. The number of sulfone groups is 1. The van der Waals surface area contributed by atoms with E-state index in [1.54, 1.807) is 0 Å². The number of rotatable bonds is 4. The summed E-state index contributed by atoms with van der Waals surface area (Å²) < 4.78 is 37.2. The second-order valence-electron chi connectivity index (χ2n) is 6.00. The minimum absolute atomic E-state index is 0.0775. The van der Waals surface area contributed by atoms with Crippen molar-refractivity contribution in [1.82, 2.24) is 4.98 Å². The number of hydrogen-bond acceptors (Lipinski definition) is 5. The molecule has 128 valence electrons. The lowest BCUT2D eigenvalue weighted by Crippen LogP contribution is -2.23. The molecule has 24 heavy (non-hydrogen) atoms. The van der Waals surface area contributed by atoms with Gasteiger partial charge < -0.3 is 5.32 Å². The molecule has 3 rings (SSSR count). The fraction of sp³-hybridized carbons (Fsp3) is 0.375. The Morgan fingerprint density at radius 2 is 2.08 bits per heavy atom. The summed E-state index contributed by atoms with van der Waals surface area (Å²) in [6.07, 6.45) is 2.90. The second-order valence-corrected chi connectivity index (χ2v) is 9.07. The molecule has 0 bridgehead atoms. The fourth-order valence-electron chi connectivity index (χ4n) is 2.65. The van der Waals surface area contributed by atoms with E-state index in [1.807, 2.05) is 0 Å². The van der Waals surface area contributed by atoms with Gasteiger partial charge in [-0.15, -0.1) is 11.3 Å². The van der Waals surface area contributed by atoms with Crippen molar-refractivity contribution in [2.45, 2.75) is 31.1 Å². The van der Waals surface area contributed by atoms with Crippen molar-refractivity contribution in [3.8, 4) is 0 Å². The first-order valence-electron chi connectivity index (χ1n) is 7.60. The lowest BCUT2D eigenvalue weighted by molar-refractivity contribution is -0.113. The van der Waals surface area contributed by atoms with E-state index >= 15 is 0 Å². The van der Waals surface area contributed by atoms with Crippen LogP contribution in [0.4, 0.5) is 9.52 Å². The average Bonchev–Trinajstić information content (AvgIpc) is 2.88. The molecule has 1 N–H and O–H groups in total. The quantitative estimate of drug-likeness (QED) is 0.842. The molecule has 5 nitrogen and oxygen atoms in total. The van der Waals surface area contributed by atoms with Crippen LogP contribution in [0, 0.1) is 11.7 Å². The van der Waals surface area contributed by atoms with Crippen molar-refractivity contribution < 1.29 is 17.6 Å². The molecule has 0 aliphatic heterocycles. The molecule has 0 fully saturated rings. The molecule has 0 saturated heterocycles. The Balaban J connectivity index is 1.68. The molecule has 0 unspecified atom stereocenters. The van der Waals surface area contributed by atoms with Crippen LogP contribution >= 0.6 is 11.3 Å². The summed E-state index contributed by atoms with van der Waals surface area (Å²) >= 11 is 1.40. The Morgan fingerprint density at radius 1 is 1.38 bits per heavy atom. The minimum Gasteiger partial charge on any atom is -0.301 e. The molecule has 1 heterocycles. The van der Waals surface area contributed by atoms with Gasteiger partial charge in [-0.25, -0.2) is 17.8 Å². The first-order valence-corrected chi connectivity index (χ1v) is 10.1. The van der Waals surface area contributed by atoms with Crippen LogP contribution in [0.2, 0.25) is 0 Å². The van der Waals surface area contributed by atoms with Gasteiger partial charge in [0.25, 0.3) is 0 Å². The summed E-state index contributed by atoms with van der Waals surface area (Å²) in [5.74, 6) is -1.26. The zero-order chi connectivity index (χ0) is 17.3. The fourth-order valence-corrected chi connectivity index (χ4v) is 4.97. The normalized spacial score (nSPS) is 17.3. The Hall–Kier alpha value is -1.80. The van der Waals surface area contributed by atoms with E-state index in [0.717, 1.165) is 54.1 Å². The highest BCUT2D eigenvalue weighted by Gasteiger charge is 2.23. The maximum Gasteiger partial charge on any atom is 0.241 e. The Bertz CT molecular complexity index is 860. The summed E-state index contributed by atoms with van der Waals surface area (Å²) in [6, 6.07) is 4.42. The Morgan fingerprint density at radius 3 is 2.79 bits per heavy atom. The molecule has 0 saturated carbocycles. The molecular weight excluding hydrogens is 351 g/mol. The van der Waals surface area contributed by atoms with Crippen molar-refractivity contribution in [3.05, 3.63) is 40.7 Å². The van der Waals surface area contributed by atoms with E-state index in [1.165, 1.54) is 11.3 Å². The highest BCUT2D eigenvalue weighted by atomic mass is 32.2. The molecule has 1 aromatic carbocycles. The highest BCUT2D eigenvalue weighted by Crippen LogP contribution is 2.32. The van der Waals surface area contributed by atoms with Crippen LogP contribution in [-0.4, -0.2) is 25.1 Å². The number of carbonyl (C=O) groups is 1. The zero-order valence-electron chi connectivity index (χ0n) is 13.1. The van der Waals surface area contributed by atoms with Gasteiger partial charge in [-0.3, -0.25) is 4.79 Å². The van der Waals surface area contributed by atoms with Crippen molar-refractivity contribution >= 4 is 32.2 Å². The standard InChI is InChI=1S/C16H17FN2O3S2/c1-10-2-7-13-14(8-10)23-16(18-13)19-15(20)9-24(21,22)12-5-3-11(17)4-6-12/h3-6,10H,2,7-9H2,1H3,(H,18,19,20)/t10-/m0/s1. The van der Waals surface area contributed by atoms with E-state index in [-0.39, 0.29) is 4.90 Å². The van der Waals surface area contributed by atoms with Gasteiger partial charge in [0, 0.05) is 4.88 Å². The van der Waals surface area contributed by atoms with Crippen LogP contribution in [0.3, 0.4) is 0 Å². The number of anilines is 1. The van der Waals surface area contributed by atoms with E-state index < -0.39 is 27.3 Å². The number of aryl methyl sites for hydroxylation is 1. The molecule has 2 aromatic rings. The zero-order valence-corrected chi connectivity index (χ0v) is 14.7. The predicted octanol–water partition coefficient (Wildman–Crippen LogP) is 2.82. The van der Waals surface area contributed by atoms with E-state index in [2.05, 4.69) is 17.2 Å². The second kappa shape index (κ2) is 6.60. The molecule has 1 aliphatic rings. The minimum atomic E-state index is -3.81. The van der Waals surface area contributed by atoms with Gasteiger partial charge >= 0.3 is 0 Å². The third-order valence-electron chi connectivity index (χ3n) is 3.93. The van der Waals surface area contributed by atoms with Gasteiger partial charge in [0.2, 0.25) is 5.91 Å². The maximum atomic E-state index is 12.9. The first kappa shape index (κ1) is 17.0. The van der Waals surface area contributed by atoms with Crippen LogP contribution in [0.1, 0.15) is 23.9 Å². The van der Waals surface area contributed by atoms with Gasteiger partial charge in [0.05, 0.1) is 10.6 Å². The summed E-state index contributed by atoms with van der Waals surface area (Å²) in [7, 11) is -3.81. The number of carbonyl (C=O) groups excluding carboxylic acids is 1. The molecular formula is C16H17FN2O3S2. The predicted molar refractivity (Wildman–Crippen MR) is 90.4 cm³/mol. The number of fused-ring (bicyclic) bond motifs is 1. The lowest BCUT2D eigenvalue weighted by Gasteiger charge is -2.15. The SMILES string of the molecule is C[C@H]1CCc2nc(NC(=O)CS(=O)(=O)c3ccc(F)cc3)sc2C1. The molecule has 1 amide bonds. The third-order valence-corrected chi connectivity index (χ3v) is 6.59. The highest BCUT2D eigenvalue weighted by molar-refractivity contribution is 7.92. The number of thiazole rings is 1. The van der Waals surface area contributed by atoms with Crippen molar-refractivity contribution in [3.63, 3.8) is 0 Å². The lowest BCUT2D eigenvalue weighted by atomic mass is 9.93. The van der Waals surface area contributed by atoms with Crippen LogP contribution in [-0.2, 0) is 27.5 Å². The smallest absolute Gasteiger partial charge is 0.241 e. The molecule has 1 aromatic heterocycles. The number of hydrogen-bond donors (Lipinski definition) is 1. The number of amides is 1. The van der Waals surface area contributed by atoms with Crippen molar-refractivity contribution in [2.24, 2.45) is 5.92 Å². The van der Waals surface area contributed by atoms with Crippen molar-refractivity contribution in [1.29, 1.82) is 0 Å². The van der Waals surface area contributed by atoms with Gasteiger partial charge in [-0.05, 0) is 49.4 Å². The van der Waals surface area contributed by atoms with Gasteiger partial charge in [-0.1, -0.05) is 6.92 Å². The van der Waals surface area contributed by atoms with E-state index in [0.29, 0.717) is 11.0 Å². The van der Waals surface area contributed by atoms with Crippen LogP contribution in [0.5, 0.6) is 0 Å². The van der Waals surface area contributed by atoms with E-state index in [9.17, 15) is 17.6 Å². The largest absolute Gasteiger partial charge is 0.301 e. The van der Waals surface area contributed by atoms with Crippen LogP contribution < -0.4 is 5.32 Å². The summed E-state index contributed by atoms with van der Waals surface area (Å²) in [6.45, 7) is 2.18.